The van der Waals surface area contributed by atoms with Crippen LogP contribution in [-0.2, 0) is 22.6 Å². The van der Waals surface area contributed by atoms with Crippen LogP contribution in [0.5, 0.6) is 0 Å². The maximum Gasteiger partial charge on any atom is 0.239 e. The molecule has 8 heteroatoms. The molecule has 1 aliphatic rings. The molecule has 0 saturated carbocycles. The first-order chi connectivity index (χ1) is 13.4. The van der Waals surface area contributed by atoms with Gasteiger partial charge in [-0.05, 0) is 38.8 Å². The summed E-state index contributed by atoms with van der Waals surface area (Å²) in [7, 11) is 0. The van der Waals surface area contributed by atoms with Gasteiger partial charge in [0.05, 0.1) is 26.3 Å². The Morgan fingerprint density at radius 1 is 1.17 bits per heavy atom. The molecule has 1 heterocycles. The average molecular weight is 517 g/mol. The number of hydrogen-bond acceptors (Lipinski definition) is 4. The molecule has 7 nitrogen and oxygen atoms in total. The van der Waals surface area contributed by atoms with Crippen molar-refractivity contribution in [2.75, 3.05) is 39.4 Å². The zero-order valence-corrected chi connectivity index (χ0v) is 20.4. The maximum absolute atomic E-state index is 12.0. The number of nitrogens with zero attached hydrogens (tertiary/aromatic N) is 2. The van der Waals surface area contributed by atoms with E-state index in [1.165, 1.54) is 5.56 Å². The number of amides is 1. The summed E-state index contributed by atoms with van der Waals surface area (Å²) in [4.78, 5) is 19.0. The second-order valence-corrected chi connectivity index (χ2v) is 8.06. The second kappa shape index (κ2) is 13.0. The van der Waals surface area contributed by atoms with Crippen LogP contribution in [0.25, 0.3) is 0 Å². The summed E-state index contributed by atoms with van der Waals surface area (Å²) in [5, 5.41) is 9.23. The molecule has 1 aliphatic heterocycles. The summed E-state index contributed by atoms with van der Waals surface area (Å²) >= 11 is 0. The minimum Gasteiger partial charge on any atom is -0.379 e. The van der Waals surface area contributed by atoms with Crippen LogP contribution in [0.2, 0.25) is 0 Å². The van der Waals surface area contributed by atoms with Gasteiger partial charge in [0.15, 0.2) is 5.96 Å². The second-order valence-electron chi connectivity index (χ2n) is 8.06. The molecule has 1 fully saturated rings. The van der Waals surface area contributed by atoms with E-state index in [0.717, 1.165) is 45.0 Å². The largest absolute Gasteiger partial charge is 0.379 e. The Bertz CT molecular complexity index is 655. The number of carbonyl (C=O) groups is 1. The number of halogens is 1. The Morgan fingerprint density at radius 3 is 2.52 bits per heavy atom. The zero-order chi connectivity index (χ0) is 20.4. The summed E-state index contributed by atoms with van der Waals surface area (Å²) in [6.07, 6.45) is 0. The van der Waals surface area contributed by atoms with Crippen LogP contribution in [0.3, 0.4) is 0 Å². The number of rotatable bonds is 7. The SMILES string of the molecule is CCNC(=NCc1cccc(CN2CCOCC2)c1)NCC(=O)NC(C)(C)C.I. The van der Waals surface area contributed by atoms with Crippen molar-refractivity contribution >= 4 is 35.8 Å². The normalized spacial score (nSPS) is 15.4. The summed E-state index contributed by atoms with van der Waals surface area (Å²) in [5.74, 6) is 0.593. The van der Waals surface area contributed by atoms with E-state index < -0.39 is 0 Å². The summed E-state index contributed by atoms with van der Waals surface area (Å²) in [6, 6.07) is 8.53. The Labute approximate surface area is 192 Å². The molecule has 0 bridgehead atoms. The van der Waals surface area contributed by atoms with Gasteiger partial charge in [0, 0.05) is 31.7 Å². The lowest BCUT2D eigenvalue weighted by Gasteiger charge is -2.26. The fraction of sp³-hybridized carbons (Fsp3) is 0.619. The summed E-state index contributed by atoms with van der Waals surface area (Å²) in [5.41, 5.74) is 2.20. The average Bonchev–Trinajstić information content (AvgIpc) is 2.64. The van der Waals surface area contributed by atoms with Gasteiger partial charge in [0.2, 0.25) is 5.91 Å². The zero-order valence-electron chi connectivity index (χ0n) is 18.1. The molecule has 2 rings (SSSR count). The van der Waals surface area contributed by atoms with Gasteiger partial charge in [-0.25, -0.2) is 4.99 Å². The first kappa shape index (κ1) is 25.6. The molecule has 0 unspecified atom stereocenters. The van der Waals surface area contributed by atoms with E-state index in [1.807, 2.05) is 27.7 Å². The number of carbonyl (C=O) groups excluding carboxylic acids is 1. The minimum absolute atomic E-state index is 0. The third kappa shape index (κ3) is 10.8. The van der Waals surface area contributed by atoms with Crippen LogP contribution < -0.4 is 16.0 Å². The van der Waals surface area contributed by atoms with E-state index in [4.69, 9.17) is 4.74 Å². The minimum atomic E-state index is -0.241. The lowest BCUT2D eigenvalue weighted by Crippen LogP contribution is -2.48. The van der Waals surface area contributed by atoms with Crippen molar-refractivity contribution in [2.24, 2.45) is 4.99 Å². The van der Waals surface area contributed by atoms with Gasteiger partial charge in [0.25, 0.3) is 0 Å². The smallest absolute Gasteiger partial charge is 0.239 e. The van der Waals surface area contributed by atoms with E-state index >= 15 is 0 Å². The quantitative estimate of drug-likeness (QED) is 0.294. The van der Waals surface area contributed by atoms with E-state index in [1.54, 1.807) is 0 Å². The standard InChI is InChI=1S/C21H35N5O2.HI/c1-5-22-20(24-15-19(27)25-21(2,3)4)23-14-17-7-6-8-18(13-17)16-26-9-11-28-12-10-26;/h6-8,13H,5,9-12,14-16H2,1-4H3,(H,25,27)(H2,22,23,24);1H. The van der Waals surface area contributed by atoms with Crippen LogP contribution in [0.15, 0.2) is 29.3 Å². The molecule has 0 aromatic heterocycles. The predicted octanol–water partition coefficient (Wildman–Crippen LogP) is 2.11. The van der Waals surface area contributed by atoms with Crippen molar-refractivity contribution in [3.63, 3.8) is 0 Å². The van der Waals surface area contributed by atoms with Gasteiger partial charge in [-0.2, -0.15) is 0 Å². The van der Waals surface area contributed by atoms with Crippen molar-refractivity contribution in [1.29, 1.82) is 0 Å². The molecular weight excluding hydrogens is 481 g/mol. The topological polar surface area (TPSA) is 78.0 Å². The summed E-state index contributed by atoms with van der Waals surface area (Å²) < 4.78 is 5.41. The number of guanidine groups is 1. The molecule has 1 aromatic rings. The lowest BCUT2D eigenvalue weighted by molar-refractivity contribution is -0.121. The number of ether oxygens (including phenoxy) is 1. The monoisotopic (exact) mass is 517 g/mol. The number of aliphatic imine (C=N–C) groups is 1. The highest BCUT2D eigenvalue weighted by Gasteiger charge is 2.14. The molecular formula is C21H36IN5O2. The van der Waals surface area contributed by atoms with Crippen LogP contribution in [0, 0.1) is 0 Å². The Hall–Kier alpha value is -1.39. The van der Waals surface area contributed by atoms with Gasteiger partial charge in [-0.1, -0.05) is 24.3 Å². The maximum atomic E-state index is 12.0. The van der Waals surface area contributed by atoms with Gasteiger partial charge < -0.3 is 20.7 Å². The van der Waals surface area contributed by atoms with Crippen molar-refractivity contribution in [2.45, 2.75) is 46.3 Å². The summed E-state index contributed by atoms with van der Waals surface area (Å²) in [6.45, 7) is 13.9. The Kier molecular flexibility index (Phi) is 11.5. The van der Waals surface area contributed by atoms with Crippen LogP contribution in [0.4, 0.5) is 0 Å². The highest BCUT2D eigenvalue weighted by molar-refractivity contribution is 14.0. The highest BCUT2D eigenvalue weighted by Crippen LogP contribution is 2.11. The highest BCUT2D eigenvalue weighted by atomic mass is 127. The molecule has 1 amide bonds. The molecule has 1 saturated heterocycles. The van der Waals surface area contributed by atoms with E-state index in [9.17, 15) is 4.79 Å². The molecule has 3 N–H and O–H groups in total. The van der Waals surface area contributed by atoms with Gasteiger partial charge in [-0.3, -0.25) is 9.69 Å². The van der Waals surface area contributed by atoms with Gasteiger partial charge >= 0.3 is 0 Å². The van der Waals surface area contributed by atoms with Gasteiger partial charge in [0.1, 0.15) is 0 Å². The Morgan fingerprint density at radius 2 is 1.86 bits per heavy atom. The van der Waals surface area contributed by atoms with Crippen molar-refractivity contribution < 1.29 is 9.53 Å². The fourth-order valence-electron chi connectivity index (χ4n) is 2.98. The molecule has 0 spiro atoms. The number of benzene rings is 1. The van der Waals surface area contributed by atoms with Crippen molar-refractivity contribution in [3.8, 4) is 0 Å². The van der Waals surface area contributed by atoms with Crippen LogP contribution in [0.1, 0.15) is 38.8 Å². The lowest BCUT2D eigenvalue weighted by atomic mass is 10.1. The number of morpholine rings is 1. The molecule has 1 aromatic carbocycles. The number of hydrogen-bond donors (Lipinski definition) is 3. The third-order valence-electron chi connectivity index (χ3n) is 4.20. The molecule has 0 radical (unpaired) electrons. The Balaban J connectivity index is 0.00000420. The van der Waals surface area contributed by atoms with Crippen LogP contribution in [-0.4, -0.2) is 61.7 Å². The number of nitrogens with one attached hydrogen (secondary N) is 3. The third-order valence-corrected chi connectivity index (χ3v) is 4.20. The van der Waals surface area contributed by atoms with E-state index in [0.29, 0.717) is 12.5 Å². The molecule has 0 atom stereocenters. The first-order valence-electron chi connectivity index (χ1n) is 10.1. The fourth-order valence-corrected chi connectivity index (χ4v) is 2.98. The molecule has 29 heavy (non-hydrogen) atoms. The van der Waals surface area contributed by atoms with Crippen molar-refractivity contribution in [1.82, 2.24) is 20.9 Å². The van der Waals surface area contributed by atoms with Gasteiger partial charge in [-0.15, -0.1) is 24.0 Å². The van der Waals surface area contributed by atoms with E-state index in [-0.39, 0.29) is 42.0 Å². The van der Waals surface area contributed by atoms with E-state index in [2.05, 4.69) is 50.1 Å². The predicted molar refractivity (Wildman–Crippen MR) is 129 cm³/mol. The van der Waals surface area contributed by atoms with Crippen LogP contribution >= 0.6 is 24.0 Å². The molecule has 0 aliphatic carbocycles. The van der Waals surface area contributed by atoms with Crippen molar-refractivity contribution in [3.05, 3.63) is 35.4 Å². The first-order valence-corrected chi connectivity index (χ1v) is 10.1. The molecule has 164 valence electrons.